The van der Waals surface area contributed by atoms with E-state index >= 15 is 0 Å². The Kier molecular flexibility index (Phi) is 6.60. The number of hydrogen-bond acceptors (Lipinski definition) is 2. The summed E-state index contributed by atoms with van der Waals surface area (Å²) >= 11 is 17.7. The van der Waals surface area contributed by atoms with E-state index in [0.29, 0.717) is 5.75 Å². The molecular weight excluding hydrogens is 371 g/mol. The zero-order valence-electron chi connectivity index (χ0n) is 12.9. The van der Waals surface area contributed by atoms with E-state index in [1.165, 1.54) is 0 Å². The average Bonchev–Trinajstić information content (AvgIpc) is 2.55. The van der Waals surface area contributed by atoms with E-state index in [9.17, 15) is 4.79 Å². The number of para-hydroxylation sites is 1. The van der Waals surface area contributed by atoms with Crippen molar-refractivity contribution in [1.29, 1.82) is 0 Å². The predicted octanol–water partition coefficient (Wildman–Crippen LogP) is 4.82. The first-order chi connectivity index (χ1) is 11.4. The number of carbonyl (C=O) groups is 1. The molecule has 2 amide bonds. The fourth-order valence-corrected chi connectivity index (χ4v) is 2.29. The Morgan fingerprint density at radius 3 is 2.04 bits per heavy atom. The molecule has 2 atom stereocenters. The number of halogens is 3. The molecule has 0 heterocycles. The highest BCUT2D eigenvalue weighted by atomic mass is 35.6. The molecule has 128 valence electrons. The van der Waals surface area contributed by atoms with Crippen LogP contribution in [0.25, 0.3) is 0 Å². The molecule has 0 aliphatic heterocycles. The molecule has 24 heavy (non-hydrogen) atoms. The normalized spacial score (nSPS) is 13.7. The zero-order valence-corrected chi connectivity index (χ0v) is 15.1. The molecule has 7 heteroatoms. The van der Waals surface area contributed by atoms with Gasteiger partial charge in [-0.2, -0.15) is 0 Å². The number of ether oxygens (including phenoxy) is 1. The maximum atomic E-state index is 12.2. The molecule has 0 aliphatic carbocycles. The van der Waals surface area contributed by atoms with Gasteiger partial charge in [-0.15, -0.1) is 0 Å². The van der Waals surface area contributed by atoms with Crippen LogP contribution in [0, 0.1) is 0 Å². The Balaban J connectivity index is 2.00. The molecule has 2 aromatic rings. The van der Waals surface area contributed by atoms with Crippen molar-refractivity contribution in [1.82, 2.24) is 10.6 Å². The molecule has 0 fully saturated rings. The van der Waals surface area contributed by atoms with E-state index < -0.39 is 16.1 Å². The second kappa shape index (κ2) is 8.47. The van der Waals surface area contributed by atoms with Gasteiger partial charge in [0.2, 0.25) is 10.0 Å². The molecule has 0 spiro atoms. The third-order valence-corrected chi connectivity index (χ3v) is 3.80. The first-order valence-corrected chi connectivity index (χ1v) is 8.40. The number of carbonyl (C=O) groups excluding carboxylic acids is 1. The van der Waals surface area contributed by atoms with Crippen LogP contribution in [0.2, 0.25) is 0 Å². The first kappa shape index (κ1) is 18.7. The third kappa shape index (κ3) is 5.78. The van der Waals surface area contributed by atoms with Gasteiger partial charge in [0.05, 0.1) is 6.04 Å². The number of benzene rings is 2. The maximum Gasteiger partial charge on any atom is 0.318 e. The van der Waals surface area contributed by atoms with Gasteiger partial charge in [-0.25, -0.2) is 4.79 Å². The van der Waals surface area contributed by atoms with Crippen LogP contribution >= 0.6 is 34.8 Å². The van der Waals surface area contributed by atoms with E-state index in [0.717, 1.165) is 5.56 Å². The zero-order chi connectivity index (χ0) is 17.6. The summed E-state index contributed by atoms with van der Waals surface area (Å²) < 4.78 is 3.74. The van der Waals surface area contributed by atoms with Crippen LogP contribution in [-0.4, -0.2) is 16.1 Å². The van der Waals surface area contributed by atoms with Crippen molar-refractivity contribution >= 4 is 40.8 Å². The summed E-state index contributed by atoms with van der Waals surface area (Å²) in [5.74, 6) is 0.477. The van der Waals surface area contributed by atoms with E-state index in [-0.39, 0.29) is 6.04 Å². The average molecular weight is 388 g/mol. The lowest BCUT2D eigenvalue weighted by atomic mass is 10.1. The monoisotopic (exact) mass is 386 g/mol. The number of amides is 2. The molecule has 0 radical (unpaired) electrons. The summed E-state index contributed by atoms with van der Waals surface area (Å²) in [5, 5.41) is 5.32. The Bertz CT molecular complexity index is 648. The standard InChI is InChI=1S/C17H17Cl3N2O2/c1-12(13-8-4-2-5-9-13)21-16(23)22-15(17(18,19)20)24-14-10-6-3-7-11-14/h2-12,15H,1H3,(H2,21,22,23)/t12-,15+/m1/s1. The molecule has 0 bridgehead atoms. The van der Waals surface area contributed by atoms with Gasteiger partial charge in [-0.3, -0.25) is 5.32 Å². The molecule has 0 aromatic heterocycles. The van der Waals surface area contributed by atoms with Crippen LogP contribution in [0.3, 0.4) is 0 Å². The summed E-state index contributed by atoms with van der Waals surface area (Å²) in [5.41, 5.74) is 0.960. The van der Waals surface area contributed by atoms with Crippen LogP contribution < -0.4 is 15.4 Å². The molecular formula is C17H17Cl3N2O2. The molecule has 2 rings (SSSR count). The highest BCUT2D eigenvalue weighted by molar-refractivity contribution is 6.68. The highest BCUT2D eigenvalue weighted by Gasteiger charge is 2.36. The lowest BCUT2D eigenvalue weighted by molar-refractivity contribution is 0.164. The quantitative estimate of drug-likeness (QED) is 0.571. The third-order valence-electron chi connectivity index (χ3n) is 3.20. The molecule has 4 nitrogen and oxygen atoms in total. The highest BCUT2D eigenvalue weighted by Crippen LogP contribution is 2.31. The predicted molar refractivity (Wildman–Crippen MR) is 97.7 cm³/mol. The smallest absolute Gasteiger partial charge is 0.318 e. The van der Waals surface area contributed by atoms with Gasteiger partial charge in [0.1, 0.15) is 5.75 Å². The fourth-order valence-electron chi connectivity index (χ4n) is 2.00. The van der Waals surface area contributed by atoms with Crippen molar-refractivity contribution in [3.05, 3.63) is 66.2 Å². The van der Waals surface area contributed by atoms with Crippen LogP contribution in [0.15, 0.2) is 60.7 Å². The van der Waals surface area contributed by atoms with Gasteiger partial charge < -0.3 is 10.1 Å². The van der Waals surface area contributed by atoms with Crippen molar-refractivity contribution in [3.8, 4) is 5.75 Å². The first-order valence-electron chi connectivity index (χ1n) is 7.26. The van der Waals surface area contributed by atoms with Crippen molar-refractivity contribution in [3.63, 3.8) is 0 Å². The largest absolute Gasteiger partial charge is 0.466 e. The number of nitrogens with one attached hydrogen (secondary N) is 2. The van der Waals surface area contributed by atoms with Crippen LogP contribution in [0.1, 0.15) is 18.5 Å². The van der Waals surface area contributed by atoms with Crippen LogP contribution in [-0.2, 0) is 0 Å². The fraction of sp³-hybridized carbons (Fsp3) is 0.235. The van der Waals surface area contributed by atoms with Gasteiger partial charge >= 0.3 is 6.03 Å². The van der Waals surface area contributed by atoms with Crippen LogP contribution in [0.5, 0.6) is 5.75 Å². The summed E-state index contributed by atoms with van der Waals surface area (Å²) in [6.45, 7) is 1.86. The lowest BCUT2D eigenvalue weighted by Crippen LogP contribution is -2.51. The summed E-state index contributed by atoms with van der Waals surface area (Å²) in [6, 6.07) is 17.6. The van der Waals surface area contributed by atoms with E-state index in [1.54, 1.807) is 24.3 Å². The minimum absolute atomic E-state index is 0.209. The second-order valence-electron chi connectivity index (χ2n) is 5.10. The minimum atomic E-state index is -1.83. The summed E-state index contributed by atoms with van der Waals surface area (Å²) in [6.07, 6.45) is -1.15. The van der Waals surface area contributed by atoms with Crippen molar-refractivity contribution in [2.45, 2.75) is 23.0 Å². The van der Waals surface area contributed by atoms with Gasteiger partial charge in [0.25, 0.3) is 0 Å². The molecule has 0 aliphatic rings. The van der Waals surface area contributed by atoms with Gasteiger partial charge in [0, 0.05) is 0 Å². The van der Waals surface area contributed by atoms with Gasteiger partial charge in [-0.1, -0.05) is 83.3 Å². The van der Waals surface area contributed by atoms with E-state index in [4.69, 9.17) is 39.5 Å². The molecule has 2 N–H and O–H groups in total. The minimum Gasteiger partial charge on any atom is -0.466 e. The maximum absolute atomic E-state index is 12.2. The van der Waals surface area contributed by atoms with Gasteiger partial charge in [0.15, 0.2) is 0 Å². The van der Waals surface area contributed by atoms with Gasteiger partial charge in [-0.05, 0) is 24.6 Å². The topological polar surface area (TPSA) is 50.4 Å². The summed E-state index contributed by atoms with van der Waals surface area (Å²) in [4.78, 5) is 12.2. The molecule has 2 aromatic carbocycles. The van der Waals surface area contributed by atoms with Crippen LogP contribution in [0.4, 0.5) is 4.79 Å². The van der Waals surface area contributed by atoms with Crippen molar-refractivity contribution < 1.29 is 9.53 Å². The molecule has 0 unspecified atom stereocenters. The Hall–Kier alpha value is -1.62. The summed E-state index contributed by atoms with van der Waals surface area (Å²) in [7, 11) is 0. The van der Waals surface area contributed by atoms with E-state index in [1.807, 2.05) is 43.3 Å². The SMILES string of the molecule is C[C@@H](NC(=O)N[C@@H](Oc1ccccc1)C(Cl)(Cl)Cl)c1ccccc1. The lowest BCUT2D eigenvalue weighted by Gasteiger charge is -2.27. The number of urea groups is 1. The number of hydrogen-bond donors (Lipinski definition) is 2. The van der Waals surface area contributed by atoms with Crippen molar-refractivity contribution in [2.75, 3.05) is 0 Å². The van der Waals surface area contributed by atoms with Crippen molar-refractivity contribution in [2.24, 2.45) is 0 Å². The second-order valence-corrected chi connectivity index (χ2v) is 7.47. The number of alkyl halides is 3. The molecule has 0 saturated carbocycles. The number of rotatable bonds is 5. The molecule has 0 saturated heterocycles. The van der Waals surface area contributed by atoms with E-state index in [2.05, 4.69) is 10.6 Å². The Labute approximate surface area is 156 Å². The Morgan fingerprint density at radius 2 is 1.50 bits per heavy atom. The Morgan fingerprint density at radius 1 is 0.958 bits per heavy atom.